The van der Waals surface area contributed by atoms with Gasteiger partial charge in [0.2, 0.25) is 0 Å². The summed E-state index contributed by atoms with van der Waals surface area (Å²) in [7, 11) is 0. The zero-order chi connectivity index (χ0) is 11.8. The van der Waals surface area contributed by atoms with Crippen LogP contribution in [0.5, 0.6) is 0 Å². The normalized spacial score (nSPS) is 28.2. The van der Waals surface area contributed by atoms with Gasteiger partial charge in [0.1, 0.15) is 0 Å². The maximum atomic E-state index is 6.13. The van der Waals surface area contributed by atoms with Crippen LogP contribution in [0.2, 0.25) is 5.02 Å². The standard InChI is InChI=1S/C13H17ClO2/c1-9-12(16-13(2,3)15-9)8-10-6-4-5-7-11(10)14/h4-7,9,12H,8H2,1-3H3/t9-,12-/m1/s1. The Morgan fingerprint density at radius 3 is 2.50 bits per heavy atom. The first kappa shape index (κ1) is 11.9. The van der Waals surface area contributed by atoms with Crippen LogP contribution in [0.25, 0.3) is 0 Å². The summed E-state index contributed by atoms with van der Waals surface area (Å²) in [5.41, 5.74) is 1.11. The lowest BCUT2D eigenvalue weighted by atomic mass is 10.0. The Labute approximate surface area is 102 Å². The second-order valence-corrected chi connectivity index (χ2v) is 5.08. The van der Waals surface area contributed by atoms with Crippen molar-refractivity contribution in [1.29, 1.82) is 0 Å². The molecule has 2 rings (SSSR count). The number of benzene rings is 1. The van der Waals surface area contributed by atoms with Crippen molar-refractivity contribution < 1.29 is 9.47 Å². The van der Waals surface area contributed by atoms with Crippen LogP contribution in [-0.4, -0.2) is 18.0 Å². The van der Waals surface area contributed by atoms with Gasteiger partial charge in [-0.25, -0.2) is 0 Å². The van der Waals surface area contributed by atoms with Crippen molar-refractivity contribution in [2.45, 2.75) is 45.2 Å². The van der Waals surface area contributed by atoms with E-state index in [2.05, 4.69) is 0 Å². The number of hydrogen-bond donors (Lipinski definition) is 0. The predicted octanol–water partition coefficient (Wildman–Crippen LogP) is 3.42. The molecule has 0 aromatic heterocycles. The van der Waals surface area contributed by atoms with Crippen molar-refractivity contribution in [1.82, 2.24) is 0 Å². The summed E-state index contributed by atoms with van der Waals surface area (Å²) in [5, 5.41) is 0.794. The zero-order valence-electron chi connectivity index (χ0n) is 9.87. The first-order chi connectivity index (χ1) is 7.48. The number of rotatable bonds is 2. The molecule has 1 saturated heterocycles. The lowest BCUT2D eigenvalue weighted by molar-refractivity contribution is -0.144. The van der Waals surface area contributed by atoms with Crippen molar-refractivity contribution in [2.24, 2.45) is 0 Å². The lowest BCUT2D eigenvalue weighted by Gasteiger charge is -2.17. The van der Waals surface area contributed by atoms with Crippen LogP contribution in [0, 0.1) is 0 Å². The quantitative estimate of drug-likeness (QED) is 0.789. The number of halogens is 1. The molecule has 0 amide bonds. The van der Waals surface area contributed by atoms with Crippen LogP contribution < -0.4 is 0 Å². The van der Waals surface area contributed by atoms with Gasteiger partial charge in [-0.05, 0) is 32.4 Å². The highest BCUT2D eigenvalue weighted by Gasteiger charge is 2.38. The SMILES string of the molecule is C[C@H]1OC(C)(C)O[C@@H]1Cc1ccccc1Cl. The van der Waals surface area contributed by atoms with Gasteiger partial charge < -0.3 is 9.47 Å². The summed E-state index contributed by atoms with van der Waals surface area (Å²) in [6.45, 7) is 5.92. The smallest absolute Gasteiger partial charge is 0.163 e. The molecular formula is C13H17ClO2. The molecule has 1 aliphatic heterocycles. The average Bonchev–Trinajstić information content (AvgIpc) is 2.44. The van der Waals surface area contributed by atoms with Gasteiger partial charge in [-0.2, -0.15) is 0 Å². The monoisotopic (exact) mass is 240 g/mol. The molecule has 3 heteroatoms. The number of hydrogen-bond acceptors (Lipinski definition) is 2. The molecule has 0 radical (unpaired) electrons. The van der Waals surface area contributed by atoms with Crippen molar-refractivity contribution in [3.63, 3.8) is 0 Å². The van der Waals surface area contributed by atoms with Gasteiger partial charge in [0.25, 0.3) is 0 Å². The van der Waals surface area contributed by atoms with E-state index in [1.54, 1.807) is 0 Å². The van der Waals surface area contributed by atoms with Crippen LogP contribution in [0.15, 0.2) is 24.3 Å². The van der Waals surface area contributed by atoms with E-state index >= 15 is 0 Å². The van der Waals surface area contributed by atoms with Crippen LogP contribution in [0.4, 0.5) is 0 Å². The van der Waals surface area contributed by atoms with Crippen molar-refractivity contribution in [2.75, 3.05) is 0 Å². The Hall–Kier alpha value is -0.570. The molecule has 1 heterocycles. The van der Waals surface area contributed by atoms with Crippen LogP contribution in [0.1, 0.15) is 26.3 Å². The fraction of sp³-hybridized carbons (Fsp3) is 0.538. The average molecular weight is 241 g/mol. The molecule has 1 aromatic carbocycles. The molecule has 1 aliphatic rings. The molecule has 0 N–H and O–H groups in total. The molecule has 0 bridgehead atoms. The Morgan fingerprint density at radius 1 is 1.25 bits per heavy atom. The van der Waals surface area contributed by atoms with Crippen LogP contribution in [-0.2, 0) is 15.9 Å². The fourth-order valence-corrected chi connectivity index (χ4v) is 2.31. The molecule has 0 spiro atoms. The summed E-state index contributed by atoms with van der Waals surface area (Å²) >= 11 is 6.13. The molecule has 1 fully saturated rings. The minimum absolute atomic E-state index is 0.0786. The predicted molar refractivity (Wildman–Crippen MR) is 64.7 cm³/mol. The van der Waals surface area contributed by atoms with Gasteiger partial charge in [0, 0.05) is 11.4 Å². The minimum Gasteiger partial charge on any atom is -0.345 e. The van der Waals surface area contributed by atoms with E-state index in [0.717, 1.165) is 17.0 Å². The Balaban J connectivity index is 2.09. The molecule has 1 aromatic rings. The van der Waals surface area contributed by atoms with Crippen molar-refractivity contribution in [3.05, 3.63) is 34.9 Å². The van der Waals surface area contributed by atoms with E-state index in [1.807, 2.05) is 45.0 Å². The highest BCUT2D eigenvalue weighted by atomic mass is 35.5. The van der Waals surface area contributed by atoms with E-state index < -0.39 is 5.79 Å². The van der Waals surface area contributed by atoms with Crippen LogP contribution in [0.3, 0.4) is 0 Å². The van der Waals surface area contributed by atoms with E-state index in [0.29, 0.717) is 0 Å². The van der Waals surface area contributed by atoms with Gasteiger partial charge in [-0.3, -0.25) is 0 Å². The molecule has 0 saturated carbocycles. The highest BCUT2D eigenvalue weighted by molar-refractivity contribution is 6.31. The summed E-state index contributed by atoms with van der Waals surface area (Å²) in [6, 6.07) is 7.87. The topological polar surface area (TPSA) is 18.5 Å². The van der Waals surface area contributed by atoms with Gasteiger partial charge in [0.05, 0.1) is 12.2 Å². The first-order valence-electron chi connectivity index (χ1n) is 5.57. The molecule has 0 unspecified atom stereocenters. The largest absolute Gasteiger partial charge is 0.345 e. The molecule has 2 nitrogen and oxygen atoms in total. The maximum Gasteiger partial charge on any atom is 0.163 e. The zero-order valence-corrected chi connectivity index (χ0v) is 10.6. The molecule has 2 atom stereocenters. The summed E-state index contributed by atoms with van der Waals surface area (Å²) < 4.78 is 11.5. The van der Waals surface area contributed by atoms with Crippen molar-refractivity contribution in [3.8, 4) is 0 Å². The van der Waals surface area contributed by atoms with Gasteiger partial charge in [-0.1, -0.05) is 29.8 Å². The van der Waals surface area contributed by atoms with Gasteiger partial charge in [-0.15, -0.1) is 0 Å². The van der Waals surface area contributed by atoms with Crippen molar-refractivity contribution >= 4 is 11.6 Å². The Kier molecular flexibility index (Phi) is 3.24. The third-order valence-corrected chi connectivity index (χ3v) is 3.18. The van der Waals surface area contributed by atoms with Crippen LogP contribution >= 0.6 is 11.6 Å². The van der Waals surface area contributed by atoms with E-state index in [4.69, 9.17) is 21.1 Å². The van der Waals surface area contributed by atoms with E-state index in [9.17, 15) is 0 Å². The van der Waals surface area contributed by atoms with E-state index in [-0.39, 0.29) is 12.2 Å². The molecule has 16 heavy (non-hydrogen) atoms. The second-order valence-electron chi connectivity index (χ2n) is 4.67. The third-order valence-electron chi connectivity index (χ3n) is 2.81. The first-order valence-corrected chi connectivity index (χ1v) is 5.95. The Morgan fingerprint density at radius 2 is 1.94 bits per heavy atom. The second kappa shape index (κ2) is 4.36. The van der Waals surface area contributed by atoms with E-state index in [1.165, 1.54) is 0 Å². The summed E-state index contributed by atoms with van der Waals surface area (Å²) in [5.74, 6) is -0.481. The summed E-state index contributed by atoms with van der Waals surface area (Å²) in [4.78, 5) is 0. The fourth-order valence-electron chi connectivity index (χ4n) is 2.10. The maximum absolute atomic E-state index is 6.13. The molecular weight excluding hydrogens is 224 g/mol. The summed E-state index contributed by atoms with van der Waals surface area (Å²) in [6.07, 6.45) is 0.978. The minimum atomic E-state index is -0.481. The Bertz CT molecular complexity index is 376. The lowest BCUT2D eigenvalue weighted by Crippen LogP contribution is -2.23. The van der Waals surface area contributed by atoms with Gasteiger partial charge in [0.15, 0.2) is 5.79 Å². The van der Waals surface area contributed by atoms with Gasteiger partial charge >= 0.3 is 0 Å². The molecule has 88 valence electrons. The third kappa shape index (κ3) is 2.57. The molecule has 0 aliphatic carbocycles. The highest BCUT2D eigenvalue weighted by Crippen LogP contribution is 2.31. The number of ether oxygens (including phenoxy) is 2.